The van der Waals surface area contributed by atoms with Gasteiger partial charge in [-0.25, -0.2) is 0 Å². The number of carbonyl (C=O) groups is 2. The van der Waals surface area contributed by atoms with Gasteiger partial charge in [-0.15, -0.1) is 0 Å². The number of allylic oxidation sites excluding steroid dienone is 2. The molecule has 17 heavy (non-hydrogen) atoms. The average molecular weight is 234 g/mol. The summed E-state index contributed by atoms with van der Waals surface area (Å²) in [7, 11) is 2.75. The number of carbonyl (C=O) groups excluding carboxylic acids is 2. The van der Waals surface area contributed by atoms with E-state index in [1.165, 1.54) is 20.3 Å². The van der Waals surface area contributed by atoms with Crippen LogP contribution in [0.3, 0.4) is 0 Å². The van der Waals surface area contributed by atoms with E-state index < -0.39 is 11.6 Å². The highest BCUT2D eigenvalue weighted by Crippen LogP contribution is 2.40. The Bertz CT molecular complexity index is 542. The standard InChI is InChI=1S/C12H10O5/c1-16-9-5-8(15)10-6(13)3-4-7(14)11(10)12(9)17-2/h3-5,15H,1-2H3. The zero-order chi connectivity index (χ0) is 12.6. The van der Waals surface area contributed by atoms with E-state index in [2.05, 4.69) is 0 Å². The van der Waals surface area contributed by atoms with Crippen LogP contribution in [0, 0.1) is 0 Å². The van der Waals surface area contributed by atoms with E-state index in [-0.39, 0.29) is 28.4 Å². The van der Waals surface area contributed by atoms with Crippen molar-refractivity contribution in [2.75, 3.05) is 14.2 Å². The van der Waals surface area contributed by atoms with E-state index in [0.29, 0.717) is 0 Å². The van der Waals surface area contributed by atoms with Crippen LogP contribution in [0.2, 0.25) is 0 Å². The number of ketones is 2. The van der Waals surface area contributed by atoms with Gasteiger partial charge in [-0.3, -0.25) is 9.59 Å². The minimum atomic E-state index is -0.432. The van der Waals surface area contributed by atoms with Crippen molar-refractivity contribution in [3.8, 4) is 17.2 Å². The summed E-state index contributed by atoms with van der Waals surface area (Å²) in [6.45, 7) is 0. The molecule has 0 saturated heterocycles. The number of phenols is 1. The molecule has 0 bridgehead atoms. The lowest BCUT2D eigenvalue weighted by Crippen LogP contribution is -2.14. The lowest BCUT2D eigenvalue weighted by molar-refractivity contribution is 0.0988. The number of rotatable bonds is 2. The molecule has 0 heterocycles. The van der Waals surface area contributed by atoms with E-state index in [1.54, 1.807) is 0 Å². The highest BCUT2D eigenvalue weighted by Gasteiger charge is 2.29. The van der Waals surface area contributed by atoms with Crippen LogP contribution in [0.5, 0.6) is 17.2 Å². The largest absolute Gasteiger partial charge is 0.507 e. The molecule has 0 amide bonds. The molecule has 5 heteroatoms. The number of hydrogen-bond acceptors (Lipinski definition) is 5. The maximum Gasteiger partial charge on any atom is 0.190 e. The first-order chi connectivity index (χ1) is 8.10. The van der Waals surface area contributed by atoms with Crippen molar-refractivity contribution in [3.05, 3.63) is 29.3 Å². The van der Waals surface area contributed by atoms with Crippen molar-refractivity contribution >= 4 is 11.6 Å². The first-order valence-corrected chi connectivity index (χ1v) is 4.84. The van der Waals surface area contributed by atoms with E-state index in [4.69, 9.17) is 9.47 Å². The van der Waals surface area contributed by atoms with Crippen molar-refractivity contribution in [1.29, 1.82) is 0 Å². The maximum atomic E-state index is 11.7. The third-order valence-corrected chi connectivity index (χ3v) is 2.53. The minimum absolute atomic E-state index is 0.0388. The lowest BCUT2D eigenvalue weighted by Gasteiger charge is -2.17. The summed E-state index contributed by atoms with van der Waals surface area (Å²) in [4.78, 5) is 23.4. The molecule has 88 valence electrons. The van der Waals surface area contributed by atoms with Crippen molar-refractivity contribution in [3.63, 3.8) is 0 Å². The molecule has 1 aliphatic rings. The normalized spacial score (nSPS) is 13.5. The predicted molar refractivity (Wildman–Crippen MR) is 59.0 cm³/mol. The summed E-state index contributed by atoms with van der Waals surface area (Å²) in [6.07, 6.45) is 2.27. The molecule has 1 aromatic rings. The van der Waals surface area contributed by atoms with Gasteiger partial charge in [0.15, 0.2) is 23.1 Å². The van der Waals surface area contributed by atoms with Crippen molar-refractivity contribution in [2.45, 2.75) is 0 Å². The van der Waals surface area contributed by atoms with Crippen LogP contribution in [0.1, 0.15) is 20.7 Å². The van der Waals surface area contributed by atoms with Gasteiger partial charge >= 0.3 is 0 Å². The van der Waals surface area contributed by atoms with Gasteiger partial charge < -0.3 is 14.6 Å². The Morgan fingerprint density at radius 1 is 1.00 bits per heavy atom. The summed E-state index contributed by atoms with van der Waals surface area (Å²) in [5.41, 5.74) is -0.00741. The molecular formula is C12H10O5. The van der Waals surface area contributed by atoms with E-state index >= 15 is 0 Å². The van der Waals surface area contributed by atoms with Crippen LogP contribution in [-0.4, -0.2) is 30.9 Å². The maximum absolute atomic E-state index is 11.7. The number of benzene rings is 1. The summed E-state index contributed by atoms with van der Waals surface area (Å²) in [6, 6.07) is 1.25. The van der Waals surface area contributed by atoms with Gasteiger partial charge in [-0.05, 0) is 12.2 Å². The molecule has 1 N–H and O–H groups in total. The molecule has 1 aromatic carbocycles. The smallest absolute Gasteiger partial charge is 0.190 e. The topological polar surface area (TPSA) is 72.8 Å². The van der Waals surface area contributed by atoms with E-state index in [0.717, 1.165) is 12.2 Å². The summed E-state index contributed by atoms with van der Waals surface area (Å²) < 4.78 is 10.1. The Morgan fingerprint density at radius 2 is 1.59 bits per heavy atom. The monoisotopic (exact) mass is 234 g/mol. The van der Waals surface area contributed by atoms with Crippen LogP contribution in [0.4, 0.5) is 0 Å². The molecule has 0 radical (unpaired) electrons. The molecule has 2 rings (SSSR count). The first-order valence-electron chi connectivity index (χ1n) is 4.84. The van der Waals surface area contributed by atoms with Crippen molar-refractivity contribution in [1.82, 2.24) is 0 Å². The minimum Gasteiger partial charge on any atom is -0.507 e. The van der Waals surface area contributed by atoms with Crippen molar-refractivity contribution in [2.24, 2.45) is 0 Å². The quantitative estimate of drug-likeness (QED) is 0.836. The summed E-state index contributed by atoms with van der Waals surface area (Å²) in [5, 5.41) is 9.73. The van der Waals surface area contributed by atoms with Crippen LogP contribution in [0.25, 0.3) is 0 Å². The first kappa shape index (κ1) is 11.2. The Morgan fingerprint density at radius 3 is 2.12 bits per heavy atom. The molecule has 0 aliphatic heterocycles. The molecule has 0 unspecified atom stereocenters. The van der Waals surface area contributed by atoms with Gasteiger partial charge in [0.05, 0.1) is 25.3 Å². The second-order valence-corrected chi connectivity index (χ2v) is 3.44. The Balaban J connectivity index is 2.83. The molecule has 0 saturated carbocycles. The zero-order valence-electron chi connectivity index (χ0n) is 9.31. The SMILES string of the molecule is COc1cc(O)c2c(c1OC)C(=O)C=CC2=O. The fraction of sp³-hybridized carbons (Fsp3) is 0.167. The highest BCUT2D eigenvalue weighted by molar-refractivity contribution is 6.24. The fourth-order valence-corrected chi connectivity index (χ4v) is 1.78. The molecule has 1 aliphatic carbocycles. The van der Waals surface area contributed by atoms with Gasteiger partial charge in [-0.2, -0.15) is 0 Å². The number of fused-ring (bicyclic) bond motifs is 1. The van der Waals surface area contributed by atoms with Crippen LogP contribution in [0.15, 0.2) is 18.2 Å². The third kappa shape index (κ3) is 1.56. The third-order valence-electron chi connectivity index (χ3n) is 2.53. The molecule has 0 atom stereocenters. The summed E-state index contributed by atoms with van der Waals surface area (Å²) in [5.74, 6) is -0.757. The number of aromatic hydroxyl groups is 1. The number of phenolic OH excluding ortho intramolecular Hbond substituents is 1. The Kier molecular flexibility index (Phi) is 2.59. The van der Waals surface area contributed by atoms with Gasteiger partial charge in [-0.1, -0.05) is 0 Å². The van der Waals surface area contributed by atoms with Gasteiger partial charge in [0.25, 0.3) is 0 Å². The lowest BCUT2D eigenvalue weighted by atomic mass is 9.92. The molecular weight excluding hydrogens is 224 g/mol. The number of methoxy groups -OCH3 is 2. The van der Waals surface area contributed by atoms with Gasteiger partial charge in [0.1, 0.15) is 5.75 Å². The molecule has 0 spiro atoms. The average Bonchev–Trinajstić information content (AvgIpc) is 2.32. The van der Waals surface area contributed by atoms with Crippen LogP contribution in [-0.2, 0) is 0 Å². The fourth-order valence-electron chi connectivity index (χ4n) is 1.78. The molecule has 0 aromatic heterocycles. The Labute approximate surface area is 97.3 Å². The predicted octanol–water partition coefficient (Wildman–Crippen LogP) is 1.34. The van der Waals surface area contributed by atoms with Gasteiger partial charge in [0.2, 0.25) is 0 Å². The summed E-state index contributed by atoms with van der Waals surface area (Å²) >= 11 is 0. The van der Waals surface area contributed by atoms with Crippen LogP contribution < -0.4 is 9.47 Å². The van der Waals surface area contributed by atoms with Crippen molar-refractivity contribution < 1.29 is 24.2 Å². The number of ether oxygens (including phenoxy) is 2. The number of hydrogen-bond donors (Lipinski definition) is 1. The second-order valence-electron chi connectivity index (χ2n) is 3.44. The zero-order valence-corrected chi connectivity index (χ0v) is 9.31. The Hall–Kier alpha value is -2.30. The van der Waals surface area contributed by atoms with E-state index in [1.807, 2.05) is 0 Å². The second kappa shape index (κ2) is 3.93. The van der Waals surface area contributed by atoms with Gasteiger partial charge in [0, 0.05) is 6.07 Å². The highest BCUT2D eigenvalue weighted by atomic mass is 16.5. The van der Waals surface area contributed by atoms with Crippen LogP contribution >= 0.6 is 0 Å². The molecule has 0 fully saturated rings. The molecule has 5 nitrogen and oxygen atoms in total. The van der Waals surface area contributed by atoms with E-state index in [9.17, 15) is 14.7 Å².